The molecule has 0 amide bonds. The number of nitrogens with zero attached hydrogens (tertiary/aromatic N) is 1. The molecule has 0 aliphatic carbocycles. The van der Waals surface area contributed by atoms with Gasteiger partial charge in [-0.3, -0.25) is 4.57 Å². The van der Waals surface area contributed by atoms with Gasteiger partial charge in [0.2, 0.25) is 5.52 Å². The lowest BCUT2D eigenvalue weighted by atomic mass is 10.1. The van der Waals surface area contributed by atoms with Gasteiger partial charge in [-0.15, -0.1) is 0 Å². The Morgan fingerprint density at radius 2 is 1.83 bits per heavy atom. The van der Waals surface area contributed by atoms with Crippen LogP contribution in [-0.2, 0) is 20.2 Å². The molecule has 0 fully saturated rings. The van der Waals surface area contributed by atoms with Crippen molar-refractivity contribution in [1.29, 1.82) is 0 Å². The van der Waals surface area contributed by atoms with Crippen LogP contribution in [0.15, 0.2) is 42.6 Å². The lowest BCUT2D eigenvalue weighted by molar-refractivity contribution is -0.671. The summed E-state index contributed by atoms with van der Waals surface area (Å²) >= 11 is 0. The summed E-state index contributed by atoms with van der Waals surface area (Å²) in [6.07, 6.45) is 7.43. The molecule has 1 aromatic heterocycles. The van der Waals surface area contributed by atoms with Gasteiger partial charge in [-0.1, -0.05) is 24.3 Å². The number of benzene rings is 1. The monoisotopic (exact) mass is 348 g/mol. The minimum absolute atomic E-state index is 0.408. The first kappa shape index (κ1) is 18.9. The molecule has 0 saturated carbocycles. The van der Waals surface area contributed by atoms with E-state index < -0.39 is 7.60 Å². The van der Waals surface area contributed by atoms with Gasteiger partial charge in [0.05, 0.1) is 24.8 Å². The van der Waals surface area contributed by atoms with Gasteiger partial charge >= 0.3 is 7.60 Å². The van der Waals surface area contributed by atoms with Crippen LogP contribution in [0.3, 0.4) is 0 Å². The van der Waals surface area contributed by atoms with Crippen LogP contribution in [0.2, 0.25) is 0 Å². The van der Waals surface area contributed by atoms with E-state index in [2.05, 4.69) is 41.1 Å². The van der Waals surface area contributed by atoms with Gasteiger partial charge < -0.3 is 9.05 Å². The minimum Gasteiger partial charge on any atom is -0.309 e. The standard InChI is InChI=1S/C19H27NO3P/c1-4-10-17-13-15-20(19-12-8-7-11-18(17)19)14-9-16-24(21,22-5-2)23-6-3/h4,7-8,10-13,15H,5-6,9,14,16H2,1-3H3/q+1. The first-order valence-electron chi connectivity index (χ1n) is 8.55. The predicted octanol–water partition coefficient (Wildman–Crippen LogP) is 4.82. The summed E-state index contributed by atoms with van der Waals surface area (Å²) in [6.45, 7) is 7.30. The van der Waals surface area contributed by atoms with Crippen molar-refractivity contribution in [3.05, 3.63) is 48.2 Å². The average molecular weight is 348 g/mol. The van der Waals surface area contributed by atoms with Gasteiger partial charge in [0.25, 0.3) is 0 Å². The molecular weight excluding hydrogens is 321 g/mol. The second kappa shape index (κ2) is 9.12. The summed E-state index contributed by atoms with van der Waals surface area (Å²) in [6, 6.07) is 10.5. The number of rotatable bonds is 9. The SMILES string of the molecule is CC=Cc1cc[n+](CCCP(=O)(OCC)OCC)c2ccccc12. The zero-order chi connectivity index (χ0) is 17.4. The molecule has 0 saturated heterocycles. The molecule has 24 heavy (non-hydrogen) atoms. The maximum atomic E-state index is 12.5. The maximum absolute atomic E-state index is 12.5. The lowest BCUT2D eigenvalue weighted by Gasteiger charge is -2.16. The number of allylic oxidation sites excluding steroid dienone is 1. The van der Waals surface area contributed by atoms with Crippen LogP contribution in [0.5, 0.6) is 0 Å². The summed E-state index contributed by atoms with van der Waals surface area (Å²) in [5.74, 6) is 0. The quantitative estimate of drug-likeness (QED) is 0.482. The van der Waals surface area contributed by atoms with Gasteiger partial charge in [-0.05, 0) is 32.4 Å². The summed E-state index contributed by atoms with van der Waals surface area (Å²) in [5.41, 5.74) is 2.38. The number of fused-ring (bicyclic) bond motifs is 1. The molecule has 1 aromatic carbocycles. The number of aromatic nitrogens is 1. The normalized spacial score (nSPS) is 12.3. The van der Waals surface area contributed by atoms with Gasteiger partial charge in [0, 0.05) is 18.6 Å². The molecule has 2 rings (SSSR count). The highest BCUT2D eigenvalue weighted by Crippen LogP contribution is 2.48. The van der Waals surface area contributed by atoms with Crippen molar-refractivity contribution in [1.82, 2.24) is 0 Å². The summed E-state index contributed by atoms with van der Waals surface area (Å²) in [7, 11) is -2.96. The third kappa shape index (κ3) is 4.76. The van der Waals surface area contributed by atoms with Gasteiger partial charge in [-0.2, -0.15) is 4.57 Å². The number of hydrogen-bond acceptors (Lipinski definition) is 3. The summed E-state index contributed by atoms with van der Waals surface area (Å²) < 4.78 is 25.5. The molecule has 0 aliphatic rings. The number of para-hydroxylation sites is 1. The van der Waals surface area contributed by atoms with Crippen molar-refractivity contribution in [3.63, 3.8) is 0 Å². The van der Waals surface area contributed by atoms with Gasteiger partial charge in [0.15, 0.2) is 6.20 Å². The molecule has 5 heteroatoms. The van der Waals surface area contributed by atoms with Crippen molar-refractivity contribution in [3.8, 4) is 0 Å². The van der Waals surface area contributed by atoms with Crippen LogP contribution in [0.25, 0.3) is 17.0 Å². The van der Waals surface area contributed by atoms with Crippen LogP contribution >= 0.6 is 7.60 Å². The van der Waals surface area contributed by atoms with E-state index >= 15 is 0 Å². The lowest BCUT2D eigenvalue weighted by Crippen LogP contribution is -2.34. The molecule has 0 unspecified atom stereocenters. The molecule has 0 spiro atoms. The Kier molecular flexibility index (Phi) is 7.16. The Balaban J connectivity index is 2.16. The van der Waals surface area contributed by atoms with Crippen LogP contribution < -0.4 is 4.57 Å². The summed E-state index contributed by atoms with van der Waals surface area (Å²) in [4.78, 5) is 0. The Morgan fingerprint density at radius 3 is 2.50 bits per heavy atom. The zero-order valence-electron chi connectivity index (χ0n) is 14.8. The molecule has 1 heterocycles. The zero-order valence-corrected chi connectivity index (χ0v) is 15.7. The van der Waals surface area contributed by atoms with Crippen LogP contribution in [0, 0.1) is 0 Å². The molecular formula is C19H27NO3P+. The van der Waals surface area contributed by atoms with E-state index in [0.717, 1.165) is 13.0 Å². The van der Waals surface area contributed by atoms with Crippen molar-refractivity contribution < 1.29 is 18.2 Å². The highest BCUT2D eigenvalue weighted by molar-refractivity contribution is 7.53. The van der Waals surface area contributed by atoms with E-state index in [0.29, 0.717) is 19.4 Å². The second-order valence-electron chi connectivity index (χ2n) is 5.51. The van der Waals surface area contributed by atoms with E-state index in [1.54, 1.807) is 0 Å². The van der Waals surface area contributed by atoms with Crippen molar-refractivity contribution in [2.24, 2.45) is 0 Å². The first-order valence-corrected chi connectivity index (χ1v) is 10.3. The topological polar surface area (TPSA) is 39.4 Å². The molecule has 0 bridgehead atoms. The Morgan fingerprint density at radius 1 is 1.12 bits per heavy atom. The summed E-state index contributed by atoms with van der Waals surface area (Å²) in [5, 5.41) is 1.22. The fraction of sp³-hybridized carbons (Fsp3) is 0.421. The molecule has 0 N–H and O–H groups in total. The van der Waals surface area contributed by atoms with Crippen molar-refractivity contribution in [2.75, 3.05) is 19.4 Å². The van der Waals surface area contributed by atoms with E-state index in [9.17, 15) is 4.57 Å². The Bertz CT molecular complexity index is 732. The number of aryl methyl sites for hydroxylation is 1. The third-order valence-corrected chi connectivity index (χ3v) is 5.95. The van der Waals surface area contributed by atoms with Crippen LogP contribution in [0.4, 0.5) is 0 Å². The van der Waals surface area contributed by atoms with Crippen molar-refractivity contribution in [2.45, 2.75) is 33.7 Å². The first-order chi connectivity index (χ1) is 11.6. The molecule has 130 valence electrons. The molecule has 0 atom stereocenters. The second-order valence-corrected chi connectivity index (χ2v) is 7.69. The van der Waals surface area contributed by atoms with Gasteiger partial charge in [0.1, 0.15) is 6.54 Å². The molecule has 0 aliphatic heterocycles. The van der Waals surface area contributed by atoms with Crippen LogP contribution in [-0.4, -0.2) is 19.4 Å². The highest BCUT2D eigenvalue weighted by atomic mass is 31.2. The van der Waals surface area contributed by atoms with E-state index in [1.165, 1.54) is 16.5 Å². The van der Waals surface area contributed by atoms with E-state index in [4.69, 9.17) is 9.05 Å². The van der Waals surface area contributed by atoms with Gasteiger partial charge in [-0.25, -0.2) is 0 Å². The maximum Gasteiger partial charge on any atom is 0.330 e. The smallest absolute Gasteiger partial charge is 0.309 e. The fourth-order valence-corrected chi connectivity index (χ4v) is 4.47. The van der Waals surface area contributed by atoms with E-state index in [-0.39, 0.29) is 0 Å². The van der Waals surface area contributed by atoms with Crippen molar-refractivity contribution >= 4 is 24.6 Å². The van der Waals surface area contributed by atoms with Crippen LogP contribution in [0.1, 0.15) is 32.8 Å². The highest BCUT2D eigenvalue weighted by Gasteiger charge is 2.24. The third-order valence-electron chi connectivity index (χ3n) is 3.79. The fourth-order valence-electron chi connectivity index (χ4n) is 2.82. The largest absolute Gasteiger partial charge is 0.330 e. The number of pyridine rings is 1. The Labute approximate surface area is 144 Å². The number of hydrogen-bond donors (Lipinski definition) is 0. The molecule has 2 aromatic rings. The minimum atomic E-state index is -2.96. The average Bonchev–Trinajstić information content (AvgIpc) is 2.57. The molecule has 4 nitrogen and oxygen atoms in total. The predicted molar refractivity (Wildman–Crippen MR) is 99.2 cm³/mol. The Hall–Kier alpha value is -1.48. The molecule has 0 radical (unpaired) electrons. The van der Waals surface area contributed by atoms with E-state index in [1.807, 2.05) is 32.9 Å².